The average molecular weight is 344 g/mol. The second kappa shape index (κ2) is 6.96. The molecule has 2 heterocycles. The first kappa shape index (κ1) is 17.6. The maximum atomic E-state index is 13.0. The number of amides is 2. The first-order valence-corrected chi connectivity index (χ1v) is 8.69. The van der Waals surface area contributed by atoms with Crippen molar-refractivity contribution in [2.24, 2.45) is 5.92 Å². The topological polar surface area (TPSA) is 66.9 Å². The molecule has 0 radical (unpaired) electrons. The summed E-state index contributed by atoms with van der Waals surface area (Å²) < 4.78 is 4.80. The molecule has 1 aromatic rings. The van der Waals surface area contributed by atoms with Crippen molar-refractivity contribution in [3.8, 4) is 0 Å². The van der Waals surface area contributed by atoms with Crippen molar-refractivity contribution in [1.29, 1.82) is 0 Å². The summed E-state index contributed by atoms with van der Waals surface area (Å²) in [6, 6.07) is 5.33. The Hall–Kier alpha value is -2.21. The fourth-order valence-corrected chi connectivity index (χ4v) is 3.91. The number of ether oxygens (including phenoxy) is 1. The van der Waals surface area contributed by atoms with E-state index in [2.05, 4.69) is 0 Å². The Labute approximate surface area is 147 Å². The lowest BCUT2D eigenvalue weighted by molar-refractivity contribution is -0.147. The third-order valence-corrected chi connectivity index (χ3v) is 5.29. The van der Waals surface area contributed by atoms with Crippen molar-refractivity contribution in [2.45, 2.75) is 39.2 Å². The van der Waals surface area contributed by atoms with Crippen LogP contribution < -0.4 is 4.90 Å². The second-order valence-electron chi connectivity index (χ2n) is 6.86. The van der Waals surface area contributed by atoms with Crippen molar-refractivity contribution in [3.05, 3.63) is 29.3 Å². The van der Waals surface area contributed by atoms with Crippen molar-refractivity contribution in [2.75, 3.05) is 25.1 Å². The summed E-state index contributed by atoms with van der Waals surface area (Å²) in [5, 5.41) is 0. The Kier molecular flexibility index (Phi) is 4.90. The maximum absolute atomic E-state index is 13.0. The van der Waals surface area contributed by atoms with E-state index in [1.54, 1.807) is 0 Å². The van der Waals surface area contributed by atoms with Crippen LogP contribution in [0.5, 0.6) is 0 Å². The van der Waals surface area contributed by atoms with Crippen LogP contribution in [0, 0.1) is 19.8 Å². The zero-order valence-corrected chi connectivity index (χ0v) is 14.9. The summed E-state index contributed by atoms with van der Waals surface area (Å²) >= 11 is 0. The highest BCUT2D eigenvalue weighted by Gasteiger charge is 2.44. The first-order chi connectivity index (χ1) is 11.9. The van der Waals surface area contributed by atoms with Gasteiger partial charge in [-0.05, 0) is 50.9 Å². The fraction of sp³-hybridized carbons (Fsp3) is 0.526. The summed E-state index contributed by atoms with van der Waals surface area (Å²) in [6.45, 7) is 5.09. The van der Waals surface area contributed by atoms with Crippen LogP contribution in [0.15, 0.2) is 18.2 Å². The van der Waals surface area contributed by atoms with Gasteiger partial charge < -0.3 is 4.74 Å². The molecule has 0 unspecified atom stereocenters. The number of methoxy groups -OCH3 is 1. The van der Waals surface area contributed by atoms with Gasteiger partial charge in [-0.1, -0.05) is 18.2 Å². The smallest absolute Gasteiger partial charge is 0.308 e. The van der Waals surface area contributed by atoms with E-state index in [1.807, 2.05) is 36.9 Å². The first-order valence-electron chi connectivity index (χ1n) is 8.69. The molecule has 0 aliphatic carbocycles. The molecule has 0 saturated carbocycles. The van der Waals surface area contributed by atoms with E-state index < -0.39 is 6.04 Å². The third kappa shape index (κ3) is 3.18. The number of imide groups is 1. The van der Waals surface area contributed by atoms with Gasteiger partial charge in [0.2, 0.25) is 5.91 Å². The van der Waals surface area contributed by atoms with E-state index in [9.17, 15) is 14.4 Å². The van der Waals surface area contributed by atoms with Crippen molar-refractivity contribution < 1.29 is 19.1 Å². The number of likely N-dealkylation sites (tertiary alicyclic amines) is 1. The molecule has 25 heavy (non-hydrogen) atoms. The number of anilines is 1. The molecule has 3 rings (SSSR count). The van der Waals surface area contributed by atoms with E-state index in [-0.39, 0.29) is 30.1 Å². The van der Waals surface area contributed by atoms with E-state index >= 15 is 0 Å². The maximum Gasteiger partial charge on any atom is 0.308 e. The molecule has 6 heteroatoms. The minimum Gasteiger partial charge on any atom is -0.469 e. The van der Waals surface area contributed by atoms with Gasteiger partial charge in [-0.3, -0.25) is 19.3 Å². The summed E-state index contributed by atoms with van der Waals surface area (Å²) in [4.78, 5) is 40.6. The van der Waals surface area contributed by atoms with Crippen LogP contribution in [0.2, 0.25) is 0 Å². The van der Waals surface area contributed by atoms with Gasteiger partial charge in [-0.15, -0.1) is 0 Å². The molecule has 0 N–H and O–H groups in total. The predicted molar refractivity (Wildman–Crippen MR) is 93.1 cm³/mol. The lowest BCUT2D eigenvalue weighted by atomic mass is 9.95. The number of carbonyl (C=O) groups excluding carboxylic acids is 3. The highest BCUT2D eigenvalue weighted by atomic mass is 16.5. The number of esters is 1. The molecule has 2 aliphatic rings. The largest absolute Gasteiger partial charge is 0.469 e. The van der Waals surface area contributed by atoms with Crippen LogP contribution >= 0.6 is 0 Å². The quantitative estimate of drug-likeness (QED) is 0.618. The highest BCUT2D eigenvalue weighted by molar-refractivity contribution is 6.23. The molecule has 0 spiro atoms. The number of carbonyl (C=O) groups is 3. The molecule has 2 aliphatic heterocycles. The monoisotopic (exact) mass is 344 g/mol. The number of nitrogens with zero attached hydrogens (tertiary/aromatic N) is 2. The number of hydrogen-bond donors (Lipinski definition) is 0. The number of rotatable bonds is 3. The number of para-hydroxylation sites is 1. The van der Waals surface area contributed by atoms with Crippen molar-refractivity contribution >= 4 is 23.5 Å². The average Bonchev–Trinajstić information content (AvgIpc) is 2.89. The SMILES string of the molecule is COC(=O)C1CCN([C@H]2CC(=O)N(c3c(C)cccc3C)C2=O)CC1. The van der Waals surface area contributed by atoms with Gasteiger partial charge in [0, 0.05) is 0 Å². The van der Waals surface area contributed by atoms with Gasteiger partial charge in [0.05, 0.1) is 31.2 Å². The standard InChI is InChI=1S/C19H24N2O4/c1-12-5-4-6-13(2)17(12)21-16(22)11-15(18(21)23)20-9-7-14(8-10-20)19(24)25-3/h4-6,14-15H,7-11H2,1-3H3/t15-/m0/s1. The Morgan fingerprint density at radius 1 is 1.12 bits per heavy atom. The molecular formula is C19H24N2O4. The molecule has 2 amide bonds. The molecule has 134 valence electrons. The van der Waals surface area contributed by atoms with Crippen LogP contribution in [0.4, 0.5) is 5.69 Å². The van der Waals surface area contributed by atoms with Crippen molar-refractivity contribution in [1.82, 2.24) is 4.90 Å². The molecule has 0 aromatic heterocycles. The summed E-state index contributed by atoms with van der Waals surface area (Å²) in [5.41, 5.74) is 2.56. The zero-order valence-electron chi connectivity index (χ0n) is 14.9. The van der Waals surface area contributed by atoms with Gasteiger partial charge in [0.1, 0.15) is 0 Å². The molecule has 2 fully saturated rings. The summed E-state index contributed by atoms with van der Waals surface area (Å²) in [7, 11) is 1.40. The van der Waals surface area contributed by atoms with Gasteiger partial charge in [0.25, 0.3) is 5.91 Å². The van der Waals surface area contributed by atoms with E-state index in [0.29, 0.717) is 31.6 Å². The molecule has 1 atom stereocenters. The summed E-state index contributed by atoms with van der Waals surface area (Å²) in [5.74, 6) is -0.602. The predicted octanol–water partition coefficient (Wildman–Crippen LogP) is 1.82. The van der Waals surface area contributed by atoms with Crippen LogP contribution in [-0.2, 0) is 19.1 Å². The van der Waals surface area contributed by atoms with Gasteiger partial charge >= 0.3 is 5.97 Å². The molecule has 6 nitrogen and oxygen atoms in total. The normalized spacial score (nSPS) is 22.5. The zero-order chi connectivity index (χ0) is 18.1. The van der Waals surface area contributed by atoms with Crippen LogP contribution in [-0.4, -0.2) is 48.9 Å². The van der Waals surface area contributed by atoms with Gasteiger partial charge in [-0.2, -0.15) is 0 Å². The minimum absolute atomic E-state index is 0.108. The van der Waals surface area contributed by atoms with Gasteiger partial charge in [0.15, 0.2) is 0 Å². The Bertz CT molecular complexity index is 687. The van der Waals surface area contributed by atoms with E-state index in [4.69, 9.17) is 4.74 Å². The van der Waals surface area contributed by atoms with E-state index in [0.717, 1.165) is 11.1 Å². The summed E-state index contributed by atoms with van der Waals surface area (Å²) in [6.07, 6.45) is 1.53. The number of piperidine rings is 1. The number of benzene rings is 1. The molecule has 1 aromatic carbocycles. The number of aryl methyl sites for hydroxylation is 2. The van der Waals surface area contributed by atoms with E-state index in [1.165, 1.54) is 12.0 Å². The molecule has 2 saturated heterocycles. The highest BCUT2D eigenvalue weighted by Crippen LogP contribution is 2.32. The molecular weight excluding hydrogens is 320 g/mol. The third-order valence-electron chi connectivity index (χ3n) is 5.29. The Morgan fingerprint density at radius 2 is 1.72 bits per heavy atom. The van der Waals surface area contributed by atoms with Crippen LogP contribution in [0.3, 0.4) is 0 Å². The number of hydrogen-bond acceptors (Lipinski definition) is 5. The van der Waals surface area contributed by atoms with Crippen LogP contribution in [0.1, 0.15) is 30.4 Å². The minimum atomic E-state index is -0.426. The van der Waals surface area contributed by atoms with Gasteiger partial charge in [-0.25, -0.2) is 4.90 Å². The Balaban J connectivity index is 1.75. The molecule has 0 bridgehead atoms. The second-order valence-corrected chi connectivity index (χ2v) is 6.86. The Morgan fingerprint density at radius 3 is 2.28 bits per heavy atom. The lowest BCUT2D eigenvalue weighted by Gasteiger charge is -2.33. The fourth-order valence-electron chi connectivity index (χ4n) is 3.91. The van der Waals surface area contributed by atoms with Crippen molar-refractivity contribution in [3.63, 3.8) is 0 Å². The van der Waals surface area contributed by atoms with Crippen LogP contribution in [0.25, 0.3) is 0 Å². The lowest BCUT2D eigenvalue weighted by Crippen LogP contribution is -2.47.